The summed E-state index contributed by atoms with van der Waals surface area (Å²) in [5.74, 6) is 0.423. The normalized spacial score (nSPS) is 14.0. The number of aryl methyl sites for hydroxylation is 1. The Morgan fingerprint density at radius 2 is 1.75 bits per heavy atom. The SMILES string of the molecule is CCCCCCCCc1ccccc1N=NC(C)(C#N)CC(C)C. The van der Waals surface area contributed by atoms with Crippen LogP contribution in [0.3, 0.4) is 0 Å². The Kier molecular flexibility index (Phi) is 9.30. The maximum absolute atomic E-state index is 9.42. The van der Waals surface area contributed by atoms with Gasteiger partial charge < -0.3 is 0 Å². The van der Waals surface area contributed by atoms with Crippen molar-refractivity contribution >= 4 is 5.69 Å². The molecule has 3 heteroatoms. The predicted octanol–water partition coefficient (Wildman–Crippen LogP) is 7.00. The highest BCUT2D eigenvalue weighted by molar-refractivity contribution is 5.45. The van der Waals surface area contributed by atoms with Gasteiger partial charge in [0.2, 0.25) is 0 Å². The third-order valence-corrected chi connectivity index (χ3v) is 4.22. The van der Waals surface area contributed by atoms with Crippen molar-refractivity contribution in [2.75, 3.05) is 0 Å². The van der Waals surface area contributed by atoms with Gasteiger partial charge in [-0.25, -0.2) is 0 Å². The minimum absolute atomic E-state index is 0.423. The van der Waals surface area contributed by atoms with Crippen LogP contribution in [-0.2, 0) is 6.42 Å². The maximum Gasteiger partial charge on any atom is 0.165 e. The molecule has 0 spiro atoms. The summed E-state index contributed by atoms with van der Waals surface area (Å²) in [4.78, 5) is 0. The summed E-state index contributed by atoms with van der Waals surface area (Å²) in [5.41, 5.74) is 1.42. The first-order valence-corrected chi connectivity index (χ1v) is 9.43. The molecule has 0 saturated heterocycles. The molecule has 0 bridgehead atoms. The van der Waals surface area contributed by atoms with Gasteiger partial charge in [0.1, 0.15) is 0 Å². The highest BCUT2D eigenvalue weighted by Gasteiger charge is 2.24. The molecule has 1 unspecified atom stereocenters. The van der Waals surface area contributed by atoms with Crippen molar-refractivity contribution in [1.82, 2.24) is 0 Å². The van der Waals surface area contributed by atoms with Crippen LogP contribution in [0.15, 0.2) is 34.5 Å². The van der Waals surface area contributed by atoms with E-state index in [1.54, 1.807) is 0 Å². The summed E-state index contributed by atoms with van der Waals surface area (Å²) in [6, 6.07) is 10.5. The largest absolute Gasteiger partial charge is 0.196 e. The smallest absolute Gasteiger partial charge is 0.165 e. The molecule has 0 fully saturated rings. The molecule has 0 aliphatic carbocycles. The van der Waals surface area contributed by atoms with E-state index in [0.29, 0.717) is 5.92 Å². The molecule has 24 heavy (non-hydrogen) atoms. The fourth-order valence-corrected chi connectivity index (χ4v) is 2.98. The molecule has 3 nitrogen and oxygen atoms in total. The Labute approximate surface area is 148 Å². The lowest BCUT2D eigenvalue weighted by atomic mass is 9.93. The second-order valence-corrected chi connectivity index (χ2v) is 7.33. The summed E-state index contributed by atoms with van der Waals surface area (Å²) in [7, 11) is 0. The minimum atomic E-state index is -0.735. The first kappa shape index (κ1) is 20.4. The summed E-state index contributed by atoms with van der Waals surface area (Å²) < 4.78 is 0. The molecule has 0 N–H and O–H groups in total. The van der Waals surface area contributed by atoms with Gasteiger partial charge in [-0.3, -0.25) is 0 Å². The average Bonchev–Trinajstić information content (AvgIpc) is 2.56. The van der Waals surface area contributed by atoms with Gasteiger partial charge in [-0.1, -0.05) is 71.1 Å². The zero-order valence-electron chi connectivity index (χ0n) is 15.9. The highest BCUT2D eigenvalue weighted by Crippen LogP contribution is 2.26. The second kappa shape index (κ2) is 11.0. The van der Waals surface area contributed by atoms with Crippen molar-refractivity contribution in [2.24, 2.45) is 16.1 Å². The van der Waals surface area contributed by atoms with Gasteiger partial charge in [0, 0.05) is 0 Å². The van der Waals surface area contributed by atoms with Crippen LogP contribution in [0, 0.1) is 17.2 Å². The molecular formula is C21H33N3. The summed E-state index contributed by atoms with van der Waals surface area (Å²) in [6.45, 7) is 8.33. The zero-order chi connectivity index (χ0) is 17.8. The molecular weight excluding hydrogens is 294 g/mol. The van der Waals surface area contributed by atoms with E-state index in [1.807, 2.05) is 19.1 Å². The monoisotopic (exact) mass is 327 g/mol. The summed E-state index contributed by atoms with van der Waals surface area (Å²) in [6.07, 6.45) is 9.52. The molecule has 0 aliphatic rings. The Morgan fingerprint density at radius 3 is 2.42 bits per heavy atom. The van der Waals surface area contributed by atoms with Gasteiger partial charge in [-0.05, 0) is 43.7 Å². The van der Waals surface area contributed by atoms with E-state index < -0.39 is 5.54 Å². The van der Waals surface area contributed by atoms with Crippen LogP contribution in [0.1, 0.15) is 78.2 Å². The lowest BCUT2D eigenvalue weighted by molar-refractivity contribution is 0.436. The number of nitriles is 1. The van der Waals surface area contributed by atoms with Crippen molar-refractivity contribution in [2.45, 2.75) is 84.6 Å². The molecule has 0 saturated carbocycles. The fraction of sp³-hybridized carbons (Fsp3) is 0.667. The van der Waals surface area contributed by atoms with Crippen LogP contribution in [0.4, 0.5) is 5.69 Å². The van der Waals surface area contributed by atoms with Crippen molar-refractivity contribution in [3.63, 3.8) is 0 Å². The van der Waals surface area contributed by atoms with E-state index in [1.165, 1.54) is 44.1 Å². The van der Waals surface area contributed by atoms with Gasteiger partial charge in [0.15, 0.2) is 5.54 Å². The second-order valence-electron chi connectivity index (χ2n) is 7.33. The quantitative estimate of drug-likeness (QED) is 0.319. The Morgan fingerprint density at radius 1 is 1.08 bits per heavy atom. The lowest BCUT2D eigenvalue weighted by Gasteiger charge is -2.17. The molecule has 0 heterocycles. The van der Waals surface area contributed by atoms with E-state index >= 15 is 0 Å². The zero-order valence-corrected chi connectivity index (χ0v) is 15.9. The summed E-state index contributed by atoms with van der Waals surface area (Å²) >= 11 is 0. The molecule has 132 valence electrons. The predicted molar refractivity (Wildman–Crippen MR) is 102 cm³/mol. The number of nitrogens with zero attached hydrogens (tertiary/aromatic N) is 3. The molecule has 0 radical (unpaired) electrons. The molecule has 1 atom stereocenters. The standard InChI is InChI=1S/C21H33N3/c1-5-6-7-8-9-10-13-19-14-11-12-15-20(19)23-24-21(4,17-22)16-18(2)3/h11-12,14-15,18H,5-10,13,16H2,1-4H3. The number of hydrogen-bond acceptors (Lipinski definition) is 3. The number of rotatable bonds is 11. The minimum Gasteiger partial charge on any atom is -0.196 e. The van der Waals surface area contributed by atoms with Gasteiger partial charge in [0.05, 0.1) is 11.8 Å². The van der Waals surface area contributed by atoms with Crippen molar-refractivity contribution < 1.29 is 0 Å². The third-order valence-electron chi connectivity index (χ3n) is 4.22. The van der Waals surface area contributed by atoms with Crippen molar-refractivity contribution in [3.8, 4) is 6.07 Å². The van der Waals surface area contributed by atoms with E-state index in [4.69, 9.17) is 0 Å². The van der Waals surface area contributed by atoms with Gasteiger partial charge >= 0.3 is 0 Å². The van der Waals surface area contributed by atoms with Crippen molar-refractivity contribution in [1.29, 1.82) is 5.26 Å². The molecule has 0 aliphatic heterocycles. The van der Waals surface area contributed by atoms with Gasteiger partial charge in [-0.15, -0.1) is 0 Å². The van der Waals surface area contributed by atoms with E-state index in [-0.39, 0.29) is 0 Å². The number of hydrogen-bond donors (Lipinski definition) is 0. The van der Waals surface area contributed by atoms with Crippen LogP contribution >= 0.6 is 0 Å². The number of azo groups is 1. The maximum atomic E-state index is 9.42. The Bertz CT molecular complexity index is 542. The highest BCUT2D eigenvalue weighted by atomic mass is 15.1. The van der Waals surface area contributed by atoms with Crippen LogP contribution in [0.25, 0.3) is 0 Å². The Balaban J connectivity index is 2.65. The number of benzene rings is 1. The van der Waals surface area contributed by atoms with Crippen LogP contribution < -0.4 is 0 Å². The molecule has 1 aromatic rings. The fourth-order valence-electron chi connectivity index (χ4n) is 2.98. The topological polar surface area (TPSA) is 48.5 Å². The molecule has 0 aromatic heterocycles. The Hall–Kier alpha value is -1.69. The van der Waals surface area contributed by atoms with Gasteiger partial charge in [-0.2, -0.15) is 15.5 Å². The van der Waals surface area contributed by atoms with Crippen molar-refractivity contribution in [3.05, 3.63) is 29.8 Å². The first-order valence-electron chi connectivity index (χ1n) is 9.43. The molecule has 1 aromatic carbocycles. The molecule has 0 amide bonds. The third kappa shape index (κ3) is 7.73. The van der Waals surface area contributed by atoms with Crippen LogP contribution in [0.5, 0.6) is 0 Å². The lowest BCUT2D eigenvalue weighted by Crippen LogP contribution is -2.21. The van der Waals surface area contributed by atoms with Crippen LogP contribution in [-0.4, -0.2) is 5.54 Å². The first-order chi connectivity index (χ1) is 11.5. The van der Waals surface area contributed by atoms with Gasteiger partial charge in [0.25, 0.3) is 0 Å². The average molecular weight is 328 g/mol. The van der Waals surface area contributed by atoms with E-state index in [0.717, 1.165) is 18.5 Å². The van der Waals surface area contributed by atoms with E-state index in [9.17, 15) is 5.26 Å². The number of unbranched alkanes of at least 4 members (excludes halogenated alkanes) is 5. The van der Waals surface area contributed by atoms with Crippen LogP contribution in [0.2, 0.25) is 0 Å². The van der Waals surface area contributed by atoms with E-state index in [2.05, 4.69) is 49.2 Å². The summed E-state index contributed by atoms with van der Waals surface area (Å²) in [5, 5.41) is 18.2. The molecule has 1 rings (SSSR count).